The SMILES string of the molecule is CCOc1ccc(NC(=O)Cn2nc3c(Oc4cc(C)cc(C)c4)nc4ccccc4n3c2=O)cc1. The molecular weight excluding hydrogens is 458 g/mol. The van der Waals surface area contributed by atoms with Gasteiger partial charge in [-0.25, -0.2) is 18.9 Å². The minimum absolute atomic E-state index is 0.182. The average Bonchev–Trinajstić information content (AvgIpc) is 3.16. The molecule has 0 aliphatic rings. The van der Waals surface area contributed by atoms with Gasteiger partial charge in [-0.15, -0.1) is 5.10 Å². The molecule has 5 rings (SSSR count). The standard InChI is InChI=1S/C27H25N5O4/c1-4-35-20-11-9-19(10-12-20)28-24(33)16-31-27(34)32-23-8-6-5-7-22(23)29-26(25(32)30-31)36-21-14-17(2)13-18(3)15-21/h5-15H,4,16H2,1-3H3,(H,28,33). The number of rotatable bonds is 7. The molecule has 36 heavy (non-hydrogen) atoms. The maximum Gasteiger partial charge on any atom is 0.351 e. The first-order valence-corrected chi connectivity index (χ1v) is 11.6. The van der Waals surface area contributed by atoms with Gasteiger partial charge in [0.15, 0.2) is 0 Å². The molecule has 182 valence electrons. The minimum atomic E-state index is -0.462. The van der Waals surface area contributed by atoms with Gasteiger partial charge in [0, 0.05) is 5.69 Å². The summed E-state index contributed by atoms with van der Waals surface area (Å²) in [5, 5.41) is 7.21. The van der Waals surface area contributed by atoms with E-state index in [0.29, 0.717) is 34.8 Å². The molecule has 0 aliphatic carbocycles. The van der Waals surface area contributed by atoms with Crippen molar-refractivity contribution in [3.8, 4) is 17.4 Å². The van der Waals surface area contributed by atoms with Crippen LogP contribution in [-0.2, 0) is 11.3 Å². The van der Waals surface area contributed by atoms with Gasteiger partial charge in [-0.2, -0.15) is 0 Å². The van der Waals surface area contributed by atoms with Crippen LogP contribution in [0.1, 0.15) is 18.1 Å². The Bertz CT molecular complexity index is 1620. The van der Waals surface area contributed by atoms with E-state index < -0.39 is 11.6 Å². The Morgan fingerprint density at radius 1 is 0.972 bits per heavy atom. The lowest BCUT2D eigenvalue weighted by atomic mass is 10.1. The molecule has 9 nitrogen and oxygen atoms in total. The van der Waals surface area contributed by atoms with Gasteiger partial charge in [-0.1, -0.05) is 18.2 Å². The molecule has 2 aromatic heterocycles. The molecule has 0 saturated heterocycles. The molecule has 0 spiro atoms. The number of anilines is 1. The number of benzene rings is 3. The summed E-state index contributed by atoms with van der Waals surface area (Å²) in [6.45, 7) is 6.14. The Kier molecular flexibility index (Phi) is 6.12. The zero-order valence-electron chi connectivity index (χ0n) is 20.2. The van der Waals surface area contributed by atoms with Gasteiger partial charge in [0.1, 0.15) is 18.0 Å². The van der Waals surface area contributed by atoms with Crippen LogP contribution in [0.3, 0.4) is 0 Å². The highest BCUT2D eigenvalue weighted by Gasteiger charge is 2.19. The first-order chi connectivity index (χ1) is 17.4. The van der Waals surface area contributed by atoms with Gasteiger partial charge >= 0.3 is 5.69 Å². The predicted octanol–water partition coefficient (Wildman–Crippen LogP) is 4.49. The van der Waals surface area contributed by atoms with Crippen LogP contribution in [0.4, 0.5) is 5.69 Å². The first kappa shape index (κ1) is 23.1. The third-order valence-electron chi connectivity index (χ3n) is 5.53. The predicted molar refractivity (Wildman–Crippen MR) is 137 cm³/mol. The van der Waals surface area contributed by atoms with Crippen LogP contribution in [0.15, 0.2) is 71.5 Å². The van der Waals surface area contributed by atoms with Gasteiger partial charge in [0.05, 0.1) is 17.6 Å². The van der Waals surface area contributed by atoms with Crippen molar-refractivity contribution in [2.45, 2.75) is 27.3 Å². The van der Waals surface area contributed by atoms with Crippen molar-refractivity contribution in [2.75, 3.05) is 11.9 Å². The number of nitrogens with one attached hydrogen (secondary N) is 1. The molecule has 5 aromatic rings. The van der Waals surface area contributed by atoms with E-state index in [4.69, 9.17) is 9.47 Å². The van der Waals surface area contributed by atoms with E-state index in [1.165, 1.54) is 4.40 Å². The van der Waals surface area contributed by atoms with Crippen molar-refractivity contribution in [1.29, 1.82) is 0 Å². The fourth-order valence-corrected chi connectivity index (χ4v) is 4.08. The lowest BCUT2D eigenvalue weighted by Crippen LogP contribution is -2.28. The van der Waals surface area contributed by atoms with Gasteiger partial charge in [0.25, 0.3) is 5.88 Å². The minimum Gasteiger partial charge on any atom is -0.494 e. The summed E-state index contributed by atoms with van der Waals surface area (Å²) in [5.74, 6) is 1.09. The molecule has 0 fully saturated rings. The highest BCUT2D eigenvalue weighted by atomic mass is 16.5. The summed E-state index contributed by atoms with van der Waals surface area (Å²) in [6.07, 6.45) is 0. The van der Waals surface area contributed by atoms with Crippen molar-refractivity contribution in [2.24, 2.45) is 0 Å². The van der Waals surface area contributed by atoms with Crippen LogP contribution >= 0.6 is 0 Å². The zero-order chi connectivity index (χ0) is 25.2. The van der Waals surface area contributed by atoms with Gasteiger partial charge in [-0.05, 0) is 80.4 Å². The smallest absolute Gasteiger partial charge is 0.351 e. The molecule has 0 aliphatic heterocycles. The van der Waals surface area contributed by atoms with E-state index >= 15 is 0 Å². The summed E-state index contributed by atoms with van der Waals surface area (Å²) in [4.78, 5) is 30.7. The summed E-state index contributed by atoms with van der Waals surface area (Å²) >= 11 is 0. The molecule has 0 saturated carbocycles. The Balaban J connectivity index is 1.50. The largest absolute Gasteiger partial charge is 0.494 e. The Labute approximate surface area is 206 Å². The number of hydrogen-bond acceptors (Lipinski definition) is 6. The number of fused-ring (bicyclic) bond motifs is 3. The number of carbonyl (C=O) groups excluding carboxylic acids is 1. The van der Waals surface area contributed by atoms with Crippen LogP contribution in [0, 0.1) is 13.8 Å². The second kappa shape index (κ2) is 9.53. The first-order valence-electron chi connectivity index (χ1n) is 11.6. The molecule has 0 bridgehead atoms. The number of aromatic nitrogens is 4. The number of ether oxygens (including phenoxy) is 2. The highest BCUT2D eigenvalue weighted by Crippen LogP contribution is 2.27. The average molecular weight is 484 g/mol. The van der Waals surface area contributed by atoms with Crippen molar-refractivity contribution in [1.82, 2.24) is 19.2 Å². The van der Waals surface area contributed by atoms with Crippen molar-refractivity contribution in [3.05, 3.63) is 88.3 Å². The Morgan fingerprint density at radius 2 is 1.69 bits per heavy atom. The molecule has 2 heterocycles. The third kappa shape index (κ3) is 4.63. The molecule has 0 unspecified atom stereocenters. The van der Waals surface area contributed by atoms with Gasteiger partial charge < -0.3 is 14.8 Å². The molecule has 0 atom stereocenters. The lowest BCUT2D eigenvalue weighted by molar-refractivity contribution is -0.117. The Hall–Kier alpha value is -4.66. The second-order valence-corrected chi connectivity index (χ2v) is 8.44. The van der Waals surface area contributed by atoms with E-state index in [1.807, 2.05) is 51.1 Å². The Morgan fingerprint density at radius 3 is 2.42 bits per heavy atom. The van der Waals surface area contributed by atoms with Gasteiger partial charge in [-0.3, -0.25) is 4.79 Å². The molecular formula is C27H25N5O4. The maximum atomic E-state index is 13.3. The summed E-state index contributed by atoms with van der Waals surface area (Å²) in [5.41, 5.74) is 3.58. The second-order valence-electron chi connectivity index (χ2n) is 8.44. The van der Waals surface area contributed by atoms with E-state index in [9.17, 15) is 9.59 Å². The molecule has 1 amide bonds. The van der Waals surface area contributed by atoms with Crippen LogP contribution in [0.2, 0.25) is 0 Å². The fraction of sp³-hybridized carbons (Fsp3) is 0.185. The number of carbonyl (C=O) groups is 1. The van der Waals surface area contributed by atoms with Crippen LogP contribution in [0.25, 0.3) is 16.7 Å². The number of para-hydroxylation sites is 2. The number of hydrogen-bond donors (Lipinski definition) is 1. The molecule has 1 N–H and O–H groups in total. The van der Waals surface area contributed by atoms with E-state index in [2.05, 4.69) is 15.4 Å². The summed E-state index contributed by atoms with van der Waals surface area (Å²) in [7, 11) is 0. The van der Waals surface area contributed by atoms with Crippen LogP contribution in [0.5, 0.6) is 17.4 Å². The van der Waals surface area contributed by atoms with Crippen molar-refractivity contribution in [3.63, 3.8) is 0 Å². The number of nitrogens with zero attached hydrogens (tertiary/aromatic N) is 4. The van der Waals surface area contributed by atoms with Crippen molar-refractivity contribution < 1.29 is 14.3 Å². The molecule has 9 heteroatoms. The third-order valence-corrected chi connectivity index (χ3v) is 5.53. The summed E-state index contributed by atoms with van der Waals surface area (Å²) in [6, 6.07) is 20.1. The lowest BCUT2D eigenvalue weighted by Gasteiger charge is -2.09. The van der Waals surface area contributed by atoms with Gasteiger partial charge in [0.2, 0.25) is 11.6 Å². The monoisotopic (exact) mass is 483 g/mol. The number of amides is 1. The van der Waals surface area contributed by atoms with Crippen LogP contribution < -0.4 is 20.5 Å². The summed E-state index contributed by atoms with van der Waals surface area (Å²) < 4.78 is 14.1. The van der Waals surface area contributed by atoms with E-state index in [-0.39, 0.29) is 18.1 Å². The van der Waals surface area contributed by atoms with E-state index in [0.717, 1.165) is 15.8 Å². The maximum absolute atomic E-state index is 13.3. The van der Waals surface area contributed by atoms with Crippen LogP contribution in [-0.4, -0.2) is 31.7 Å². The van der Waals surface area contributed by atoms with E-state index in [1.54, 1.807) is 36.4 Å². The fourth-order valence-electron chi connectivity index (χ4n) is 4.08. The zero-order valence-corrected chi connectivity index (χ0v) is 20.2. The molecule has 0 radical (unpaired) electrons. The number of aryl methyl sites for hydroxylation is 2. The highest BCUT2D eigenvalue weighted by molar-refractivity contribution is 5.90. The topological polar surface area (TPSA) is 99.8 Å². The quantitative estimate of drug-likeness (QED) is 0.366. The molecule has 3 aromatic carbocycles. The normalized spacial score (nSPS) is 11.1. The van der Waals surface area contributed by atoms with Crippen molar-refractivity contribution >= 4 is 28.3 Å².